The van der Waals surface area contributed by atoms with Crippen LogP contribution in [0.5, 0.6) is 0 Å². The summed E-state index contributed by atoms with van der Waals surface area (Å²) in [5.41, 5.74) is 0. The van der Waals surface area contributed by atoms with Gasteiger partial charge < -0.3 is 4.98 Å². The lowest BCUT2D eigenvalue weighted by Gasteiger charge is -2.18. The summed E-state index contributed by atoms with van der Waals surface area (Å²) in [5, 5.41) is 0.138. The molecule has 0 amide bonds. The monoisotopic (exact) mass is 291 g/mol. The molecule has 0 saturated heterocycles. The van der Waals surface area contributed by atoms with Gasteiger partial charge in [-0.15, -0.1) is 11.6 Å². The number of alkyl halides is 1. The van der Waals surface area contributed by atoms with E-state index in [2.05, 4.69) is 14.7 Å². The molecule has 1 heterocycles. The minimum absolute atomic E-state index is 0.0547. The van der Waals surface area contributed by atoms with E-state index in [1.165, 1.54) is 6.20 Å². The molecular weight excluding hydrogens is 274 g/mol. The zero-order valence-corrected chi connectivity index (χ0v) is 11.9. The van der Waals surface area contributed by atoms with Crippen molar-refractivity contribution in [2.45, 2.75) is 43.7 Å². The lowest BCUT2D eigenvalue weighted by atomic mass is 10.1. The van der Waals surface area contributed by atoms with Gasteiger partial charge in [-0.1, -0.05) is 13.3 Å². The Hall–Kier alpha value is -0.590. The summed E-state index contributed by atoms with van der Waals surface area (Å²) in [6.45, 7) is 1.92. The number of nitrogens with one attached hydrogen (secondary N) is 2. The maximum absolute atomic E-state index is 12.2. The molecule has 102 valence electrons. The standard InChI is InChI=1S/C11H18ClN3O2S/c1-2-10-13-7-11(14-10)18(16,17)15-9-5-3-4-8(9)6-12/h7-9,15H,2-6H2,1H3,(H,13,14). The topological polar surface area (TPSA) is 74.8 Å². The number of H-pyrrole nitrogens is 1. The van der Waals surface area contributed by atoms with Gasteiger partial charge in [0.1, 0.15) is 5.82 Å². The van der Waals surface area contributed by atoms with Gasteiger partial charge in [-0.2, -0.15) is 0 Å². The minimum Gasteiger partial charge on any atom is -0.332 e. The zero-order chi connectivity index (χ0) is 13.2. The van der Waals surface area contributed by atoms with Crippen LogP contribution in [0.4, 0.5) is 0 Å². The number of imidazole rings is 1. The molecule has 0 radical (unpaired) electrons. The van der Waals surface area contributed by atoms with Gasteiger partial charge in [0.2, 0.25) is 0 Å². The van der Waals surface area contributed by atoms with Crippen LogP contribution in [0, 0.1) is 5.92 Å². The van der Waals surface area contributed by atoms with Crippen LogP contribution in [-0.4, -0.2) is 30.3 Å². The molecule has 1 fully saturated rings. The van der Waals surface area contributed by atoms with Crippen molar-refractivity contribution in [1.82, 2.24) is 14.7 Å². The molecule has 5 nitrogen and oxygen atoms in total. The van der Waals surface area contributed by atoms with Gasteiger partial charge in [-0.25, -0.2) is 18.1 Å². The fourth-order valence-electron chi connectivity index (χ4n) is 2.30. The molecule has 2 unspecified atom stereocenters. The second-order valence-corrected chi connectivity index (χ2v) is 6.61. The van der Waals surface area contributed by atoms with E-state index in [4.69, 9.17) is 11.6 Å². The Labute approximate surface area is 112 Å². The van der Waals surface area contributed by atoms with Crippen LogP contribution in [0.25, 0.3) is 0 Å². The highest BCUT2D eigenvalue weighted by Crippen LogP contribution is 2.27. The van der Waals surface area contributed by atoms with E-state index in [-0.39, 0.29) is 17.0 Å². The molecule has 2 N–H and O–H groups in total. The Balaban J connectivity index is 2.11. The third-order valence-corrected chi connectivity index (χ3v) is 5.19. The number of halogens is 1. The van der Waals surface area contributed by atoms with Gasteiger partial charge >= 0.3 is 0 Å². The van der Waals surface area contributed by atoms with E-state index in [0.717, 1.165) is 19.3 Å². The molecule has 1 aliphatic carbocycles. The highest BCUT2D eigenvalue weighted by atomic mass is 35.5. The molecule has 7 heteroatoms. The fraction of sp³-hybridized carbons (Fsp3) is 0.727. The smallest absolute Gasteiger partial charge is 0.257 e. The first-order valence-corrected chi connectivity index (χ1v) is 8.20. The Kier molecular flexibility index (Phi) is 4.29. The predicted octanol–water partition coefficient (Wildman–Crippen LogP) is 1.66. The first-order valence-electron chi connectivity index (χ1n) is 6.19. The second kappa shape index (κ2) is 5.59. The maximum atomic E-state index is 12.2. The van der Waals surface area contributed by atoms with Crippen LogP contribution in [0.1, 0.15) is 32.0 Å². The third kappa shape index (κ3) is 2.87. The van der Waals surface area contributed by atoms with Crippen molar-refractivity contribution in [3.8, 4) is 0 Å². The summed E-state index contributed by atoms with van der Waals surface area (Å²) in [4.78, 5) is 6.83. The number of sulfonamides is 1. The lowest BCUT2D eigenvalue weighted by Crippen LogP contribution is -2.38. The number of aromatic nitrogens is 2. The van der Waals surface area contributed by atoms with Crippen molar-refractivity contribution < 1.29 is 8.42 Å². The van der Waals surface area contributed by atoms with E-state index < -0.39 is 10.0 Å². The first-order chi connectivity index (χ1) is 8.56. The van der Waals surface area contributed by atoms with E-state index >= 15 is 0 Å². The lowest BCUT2D eigenvalue weighted by molar-refractivity contribution is 0.479. The Morgan fingerprint density at radius 3 is 2.94 bits per heavy atom. The van der Waals surface area contributed by atoms with E-state index in [0.29, 0.717) is 18.1 Å². The van der Waals surface area contributed by atoms with Gasteiger partial charge in [0.25, 0.3) is 10.0 Å². The Bertz CT molecular complexity index is 500. The number of aryl methyl sites for hydroxylation is 1. The summed E-state index contributed by atoms with van der Waals surface area (Å²) in [6.07, 6.45) is 4.91. The normalized spacial score (nSPS) is 24.6. The molecule has 0 aromatic carbocycles. The molecule has 1 aromatic rings. The van der Waals surface area contributed by atoms with Crippen LogP contribution in [0.3, 0.4) is 0 Å². The number of nitrogens with zero attached hydrogens (tertiary/aromatic N) is 1. The number of rotatable bonds is 5. The van der Waals surface area contributed by atoms with Gasteiger partial charge in [0.15, 0.2) is 5.03 Å². The molecule has 2 atom stereocenters. The van der Waals surface area contributed by atoms with E-state index in [1.807, 2.05) is 6.92 Å². The molecule has 1 saturated carbocycles. The summed E-state index contributed by atoms with van der Waals surface area (Å²) < 4.78 is 27.0. The molecule has 0 aliphatic heterocycles. The van der Waals surface area contributed by atoms with Gasteiger partial charge in [0.05, 0.1) is 6.20 Å². The summed E-state index contributed by atoms with van der Waals surface area (Å²) in [5.74, 6) is 1.40. The molecule has 2 rings (SSSR count). The molecule has 0 spiro atoms. The quantitative estimate of drug-likeness (QED) is 0.810. The highest BCUT2D eigenvalue weighted by molar-refractivity contribution is 7.89. The SMILES string of the molecule is CCc1ncc(S(=O)(=O)NC2CCCC2CCl)[nH]1. The van der Waals surface area contributed by atoms with Crippen molar-refractivity contribution in [1.29, 1.82) is 0 Å². The predicted molar refractivity (Wildman–Crippen MR) is 70.1 cm³/mol. The molecule has 18 heavy (non-hydrogen) atoms. The van der Waals surface area contributed by atoms with E-state index in [9.17, 15) is 8.42 Å². The van der Waals surface area contributed by atoms with Crippen molar-refractivity contribution in [2.75, 3.05) is 5.88 Å². The van der Waals surface area contributed by atoms with Crippen molar-refractivity contribution >= 4 is 21.6 Å². The van der Waals surface area contributed by atoms with Crippen LogP contribution in [-0.2, 0) is 16.4 Å². The number of hydrogen-bond donors (Lipinski definition) is 2. The van der Waals surface area contributed by atoms with Crippen LogP contribution in [0.15, 0.2) is 11.2 Å². The zero-order valence-electron chi connectivity index (χ0n) is 10.3. The second-order valence-electron chi connectivity index (χ2n) is 4.62. The average Bonchev–Trinajstić information content (AvgIpc) is 2.96. The molecule has 0 bridgehead atoms. The number of aromatic amines is 1. The number of hydrogen-bond acceptors (Lipinski definition) is 3. The van der Waals surface area contributed by atoms with Crippen LogP contribution in [0.2, 0.25) is 0 Å². The Morgan fingerprint density at radius 2 is 2.33 bits per heavy atom. The van der Waals surface area contributed by atoms with Gasteiger partial charge in [-0.3, -0.25) is 0 Å². The van der Waals surface area contributed by atoms with Crippen molar-refractivity contribution in [3.05, 3.63) is 12.0 Å². The van der Waals surface area contributed by atoms with E-state index in [1.54, 1.807) is 0 Å². The van der Waals surface area contributed by atoms with Gasteiger partial charge in [0, 0.05) is 18.3 Å². The maximum Gasteiger partial charge on any atom is 0.257 e. The first kappa shape index (κ1) is 13.8. The third-order valence-electron chi connectivity index (χ3n) is 3.39. The van der Waals surface area contributed by atoms with Crippen LogP contribution < -0.4 is 4.72 Å². The largest absolute Gasteiger partial charge is 0.332 e. The van der Waals surface area contributed by atoms with Crippen molar-refractivity contribution in [3.63, 3.8) is 0 Å². The minimum atomic E-state index is -3.50. The van der Waals surface area contributed by atoms with Crippen molar-refractivity contribution in [2.24, 2.45) is 5.92 Å². The Morgan fingerprint density at radius 1 is 1.56 bits per heavy atom. The molecule has 1 aliphatic rings. The average molecular weight is 292 g/mol. The summed E-state index contributed by atoms with van der Waals surface area (Å²) in [7, 11) is -3.50. The molecular formula is C11H18ClN3O2S. The summed E-state index contributed by atoms with van der Waals surface area (Å²) >= 11 is 5.85. The highest BCUT2D eigenvalue weighted by Gasteiger charge is 2.31. The van der Waals surface area contributed by atoms with Gasteiger partial charge in [-0.05, 0) is 18.8 Å². The van der Waals surface area contributed by atoms with Crippen LogP contribution >= 0.6 is 11.6 Å². The molecule has 1 aromatic heterocycles. The summed E-state index contributed by atoms with van der Waals surface area (Å²) in [6, 6.07) is -0.0547. The fourth-order valence-corrected chi connectivity index (χ4v) is 3.95.